The van der Waals surface area contributed by atoms with Crippen LogP contribution in [0.4, 0.5) is 11.4 Å². The molecular weight excluding hydrogens is 290 g/mol. The van der Waals surface area contributed by atoms with Crippen LogP contribution in [0.5, 0.6) is 0 Å². The van der Waals surface area contributed by atoms with Crippen molar-refractivity contribution in [3.05, 3.63) is 33.9 Å². The summed E-state index contributed by atoms with van der Waals surface area (Å²) in [4.78, 5) is 25.0. The molecule has 0 aromatic heterocycles. The highest BCUT2D eigenvalue weighted by molar-refractivity contribution is 7.99. The van der Waals surface area contributed by atoms with Crippen molar-refractivity contribution in [3.63, 3.8) is 0 Å². The minimum atomic E-state index is -0.495. The molecule has 1 fully saturated rings. The molecule has 1 aromatic rings. The van der Waals surface area contributed by atoms with Gasteiger partial charge >= 0.3 is 0 Å². The molecule has 1 atom stereocenters. The molecule has 1 saturated heterocycles. The molecular formula is C14H19N3O3S. The van der Waals surface area contributed by atoms with Crippen LogP contribution in [0, 0.1) is 10.1 Å². The third-order valence-electron chi connectivity index (χ3n) is 3.33. The lowest BCUT2D eigenvalue weighted by atomic mass is 10.1. The van der Waals surface area contributed by atoms with Gasteiger partial charge in [-0.3, -0.25) is 14.9 Å². The molecule has 1 unspecified atom stereocenters. The number of nitrogens with zero attached hydrogens (tertiary/aromatic N) is 2. The van der Waals surface area contributed by atoms with Crippen LogP contribution in [0.15, 0.2) is 18.2 Å². The Morgan fingerprint density at radius 1 is 1.57 bits per heavy atom. The molecule has 0 radical (unpaired) electrons. The first-order chi connectivity index (χ1) is 10.0. The summed E-state index contributed by atoms with van der Waals surface area (Å²) >= 11 is 1.82. The smallest absolute Gasteiger partial charge is 0.282 e. The zero-order valence-corrected chi connectivity index (χ0v) is 13.0. The Balaban J connectivity index is 2.32. The van der Waals surface area contributed by atoms with Crippen molar-refractivity contribution in [2.24, 2.45) is 0 Å². The maximum Gasteiger partial charge on any atom is 0.282 e. The van der Waals surface area contributed by atoms with E-state index < -0.39 is 4.92 Å². The molecule has 1 aliphatic heterocycles. The zero-order valence-electron chi connectivity index (χ0n) is 12.2. The average molecular weight is 309 g/mol. The van der Waals surface area contributed by atoms with Gasteiger partial charge in [0.25, 0.3) is 11.6 Å². The van der Waals surface area contributed by atoms with Gasteiger partial charge in [-0.25, -0.2) is 0 Å². The van der Waals surface area contributed by atoms with Crippen molar-refractivity contribution in [1.29, 1.82) is 0 Å². The van der Waals surface area contributed by atoms with Gasteiger partial charge in [0.1, 0.15) is 5.56 Å². The van der Waals surface area contributed by atoms with Gasteiger partial charge in [-0.2, -0.15) is 11.8 Å². The molecule has 1 aliphatic rings. The van der Waals surface area contributed by atoms with Crippen LogP contribution in [0.3, 0.4) is 0 Å². The van der Waals surface area contributed by atoms with Crippen LogP contribution in [-0.2, 0) is 0 Å². The van der Waals surface area contributed by atoms with Crippen LogP contribution >= 0.6 is 11.8 Å². The highest BCUT2D eigenvalue weighted by Crippen LogP contribution is 2.26. The van der Waals surface area contributed by atoms with Gasteiger partial charge in [0.15, 0.2) is 0 Å². The van der Waals surface area contributed by atoms with Gasteiger partial charge in [-0.15, -0.1) is 0 Å². The molecule has 1 N–H and O–H groups in total. The van der Waals surface area contributed by atoms with E-state index >= 15 is 0 Å². The summed E-state index contributed by atoms with van der Waals surface area (Å²) in [5.41, 5.74) is 0.760. The third kappa shape index (κ3) is 3.66. The normalized spacial score (nSPS) is 18.4. The highest BCUT2D eigenvalue weighted by atomic mass is 32.2. The number of benzene rings is 1. The fourth-order valence-electron chi connectivity index (χ4n) is 2.35. The predicted molar refractivity (Wildman–Crippen MR) is 85.1 cm³/mol. The number of nitro benzene ring substituents is 1. The van der Waals surface area contributed by atoms with Gasteiger partial charge in [-0.05, 0) is 19.1 Å². The number of carbonyl (C=O) groups excluding carboxylic acids is 1. The lowest BCUT2D eigenvalue weighted by Gasteiger charge is -2.30. The van der Waals surface area contributed by atoms with Gasteiger partial charge in [0, 0.05) is 42.4 Å². The number of amides is 1. The van der Waals surface area contributed by atoms with Crippen molar-refractivity contribution in [2.45, 2.75) is 19.1 Å². The van der Waals surface area contributed by atoms with E-state index in [-0.39, 0.29) is 17.2 Å². The van der Waals surface area contributed by atoms with Crippen LogP contribution < -0.4 is 5.32 Å². The van der Waals surface area contributed by atoms with E-state index in [0.29, 0.717) is 24.9 Å². The number of hydrogen-bond donors (Lipinski definition) is 1. The highest BCUT2D eigenvalue weighted by Gasteiger charge is 2.28. The first-order valence-electron chi connectivity index (χ1n) is 6.96. The molecule has 2 rings (SSSR count). The largest absolute Gasteiger partial charge is 0.385 e. The summed E-state index contributed by atoms with van der Waals surface area (Å²) in [6.07, 6.45) is 0. The van der Waals surface area contributed by atoms with Gasteiger partial charge in [-0.1, -0.05) is 6.92 Å². The second-order valence-electron chi connectivity index (χ2n) is 4.95. The van der Waals surface area contributed by atoms with Crippen LogP contribution in [0.1, 0.15) is 24.2 Å². The number of rotatable bonds is 4. The Morgan fingerprint density at radius 2 is 2.33 bits per heavy atom. The second kappa shape index (κ2) is 6.80. The molecule has 7 heteroatoms. The summed E-state index contributed by atoms with van der Waals surface area (Å²) < 4.78 is 0. The number of carbonyl (C=O) groups is 1. The van der Waals surface area contributed by atoms with E-state index in [2.05, 4.69) is 12.2 Å². The van der Waals surface area contributed by atoms with E-state index in [9.17, 15) is 14.9 Å². The Bertz CT molecular complexity index is 550. The molecule has 114 valence electrons. The molecule has 1 heterocycles. The topological polar surface area (TPSA) is 75.5 Å². The van der Waals surface area contributed by atoms with Crippen molar-refractivity contribution in [2.75, 3.05) is 30.7 Å². The lowest BCUT2D eigenvalue weighted by Crippen LogP contribution is -2.41. The second-order valence-corrected chi connectivity index (χ2v) is 6.50. The van der Waals surface area contributed by atoms with E-state index in [4.69, 9.17) is 0 Å². The maximum absolute atomic E-state index is 12.6. The molecule has 0 spiro atoms. The standard InChI is InChI=1S/C14H19N3O3S/c1-3-15-11-4-5-13(17(19)20)12(8-11)14(18)16-6-7-21-10(2)9-16/h4-5,8,10,15H,3,6-7,9H2,1-2H3. The molecule has 0 bridgehead atoms. The quantitative estimate of drug-likeness (QED) is 0.683. The number of anilines is 1. The number of nitrogens with one attached hydrogen (secondary N) is 1. The first-order valence-corrected chi connectivity index (χ1v) is 8.01. The summed E-state index contributed by atoms with van der Waals surface area (Å²) in [5.74, 6) is 0.613. The lowest BCUT2D eigenvalue weighted by molar-refractivity contribution is -0.385. The molecule has 1 aromatic carbocycles. The van der Waals surface area contributed by atoms with Gasteiger partial charge in [0.05, 0.1) is 4.92 Å². The molecule has 21 heavy (non-hydrogen) atoms. The van der Waals surface area contributed by atoms with Crippen molar-refractivity contribution in [1.82, 2.24) is 4.90 Å². The minimum Gasteiger partial charge on any atom is -0.385 e. The fourth-order valence-corrected chi connectivity index (χ4v) is 3.37. The maximum atomic E-state index is 12.6. The minimum absolute atomic E-state index is 0.132. The molecule has 1 amide bonds. The first kappa shape index (κ1) is 15.6. The van der Waals surface area contributed by atoms with Crippen molar-refractivity contribution in [3.8, 4) is 0 Å². The number of thioether (sulfide) groups is 1. The van der Waals surface area contributed by atoms with Crippen LogP contribution in [0.2, 0.25) is 0 Å². The van der Waals surface area contributed by atoms with Gasteiger partial charge in [0.2, 0.25) is 0 Å². The molecule has 0 saturated carbocycles. The summed E-state index contributed by atoms with van der Waals surface area (Å²) in [6, 6.07) is 4.61. The van der Waals surface area contributed by atoms with Crippen molar-refractivity contribution < 1.29 is 9.72 Å². The Morgan fingerprint density at radius 3 is 2.95 bits per heavy atom. The number of hydrogen-bond acceptors (Lipinski definition) is 5. The summed E-state index contributed by atoms with van der Waals surface area (Å²) in [5, 5.41) is 14.6. The zero-order chi connectivity index (χ0) is 15.4. The third-order valence-corrected chi connectivity index (χ3v) is 4.47. The summed E-state index contributed by atoms with van der Waals surface area (Å²) in [7, 11) is 0. The SMILES string of the molecule is CCNc1ccc([N+](=O)[O-])c(C(=O)N2CCSC(C)C2)c1. The van der Waals surface area contributed by atoms with Gasteiger partial charge < -0.3 is 10.2 Å². The van der Waals surface area contributed by atoms with E-state index in [1.165, 1.54) is 6.07 Å². The molecule has 6 nitrogen and oxygen atoms in total. The number of nitro groups is 1. The van der Waals surface area contributed by atoms with E-state index in [0.717, 1.165) is 11.4 Å². The fraction of sp³-hybridized carbons (Fsp3) is 0.500. The van der Waals surface area contributed by atoms with E-state index in [1.54, 1.807) is 17.0 Å². The summed E-state index contributed by atoms with van der Waals surface area (Å²) in [6.45, 7) is 5.96. The Hall–Kier alpha value is -1.76. The average Bonchev–Trinajstić information content (AvgIpc) is 2.46. The van der Waals surface area contributed by atoms with Crippen LogP contribution in [0.25, 0.3) is 0 Å². The van der Waals surface area contributed by atoms with E-state index in [1.807, 2.05) is 18.7 Å². The van der Waals surface area contributed by atoms with Crippen molar-refractivity contribution >= 4 is 29.0 Å². The Labute approximate surface area is 128 Å². The molecule has 0 aliphatic carbocycles. The monoisotopic (exact) mass is 309 g/mol. The Kier molecular flexibility index (Phi) is 5.06. The van der Waals surface area contributed by atoms with Crippen LogP contribution in [-0.4, -0.2) is 46.4 Å². The predicted octanol–water partition coefficient (Wildman–Crippen LogP) is 2.60.